The summed E-state index contributed by atoms with van der Waals surface area (Å²) in [7, 11) is -2.54. The van der Waals surface area contributed by atoms with Crippen LogP contribution in [0.15, 0.2) is 47.4 Å². The van der Waals surface area contributed by atoms with Gasteiger partial charge in [-0.05, 0) is 43.2 Å². The van der Waals surface area contributed by atoms with E-state index in [1.54, 1.807) is 0 Å². The maximum atomic E-state index is 13.2. The van der Waals surface area contributed by atoms with Crippen molar-refractivity contribution >= 4 is 33.2 Å². The maximum Gasteiger partial charge on any atom is 0.418 e. The van der Waals surface area contributed by atoms with Crippen LogP contribution in [0.5, 0.6) is 5.75 Å². The van der Waals surface area contributed by atoms with Gasteiger partial charge in [-0.15, -0.1) is 0 Å². The SMILES string of the molecule is COc1ccc(S(=O)(=O)N2CCC[C@H](C(=O)Nc3ccccc3C(F)(F)F)C2)cc1Cl. The molecule has 0 unspecified atom stereocenters. The van der Waals surface area contributed by atoms with Crippen molar-refractivity contribution in [2.24, 2.45) is 5.92 Å². The molecule has 1 fully saturated rings. The molecule has 2 aromatic rings. The molecular weight excluding hydrogens is 457 g/mol. The number of ether oxygens (including phenoxy) is 1. The van der Waals surface area contributed by atoms with Crippen molar-refractivity contribution in [1.29, 1.82) is 0 Å². The summed E-state index contributed by atoms with van der Waals surface area (Å²) in [5.74, 6) is -1.14. The fourth-order valence-corrected chi connectivity index (χ4v) is 5.28. The van der Waals surface area contributed by atoms with Crippen molar-refractivity contribution < 1.29 is 31.1 Å². The predicted molar refractivity (Wildman–Crippen MR) is 110 cm³/mol. The lowest BCUT2D eigenvalue weighted by Crippen LogP contribution is -2.43. The van der Waals surface area contributed by atoms with E-state index in [1.807, 2.05) is 0 Å². The summed E-state index contributed by atoms with van der Waals surface area (Å²) in [5, 5.41) is 2.43. The van der Waals surface area contributed by atoms with E-state index in [9.17, 15) is 26.4 Å². The number of hydrogen-bond acceptors (Lipinski definition) is 4. The molecule has 0 spiro atoms. The third kappa shape index (κ3) is 5.13. The van der Waals surface area contributed by atoms with Gasteiger partial charge < -0.3 is 10.1 Å². The number of hydrogen-bond donors (Lipinski definition) is 1. The monoisotopic (exact) mass is 476 g/mol. The Kier molecular flexibility index (Phi) is 6.82. The zero-order valence-electron chi connectivity index (χ0n) is 16.4. The molecule has 3 rings (SSSR count). The molecule has 168 valence electrons. The first-order chi connectivity index (χ1) is 14.5. The Morgan fingerprint density at radius 2 is 1.94 bits per heavy atom. The molecule has 0 radical (unpaired) electrons. The molecule has 1 N–H and O–H groups in total. The van der Waals surface area contributed by atoms with Gasteiger partial charge in [0.1, 0.15) is 5.75 Å². The summed E-state index contributed by atoms with van der Waals surface area (Å²) in [6.45, 7) is 0.0426. The smallest absolute Gasteiger partial charge is 0.418 e. The number of halogens is 4. The molecular formula is C20H20ClF3N2O4S. The van der Waals surface area contributed by atoms with Crippen LogP contribution in [0.4, 0.5) is 18.9 Å². The Hall–Kier alpha value is -2.30. The van der Waals surface area contributed by atoms with E-state index in [0.29, 0.717) is 18.6 Å². The number of piperidine rings is 1. The fraction of sp³-hybridized carbons (Fsp3) is 0.350. The van der Waals surface area contributed by atoms with Gasteiger partial charge in [0.05, 0.1) is 34.2 Å². The van der Waals surface area contributed by atoms with Gasteiger partial charge in [-0.1, -0.05) is 23.7 Å². The number of nitrogens with one attached hydrogen (secondary N) is 1. The Morgan fingerprint density at radius 1 is 1.23 bits per heavy atom. The van der Waals surface area contributed by atoms with Gasteiger partial charge in [0.15, 0.2) is 0 Å². The molecule has 0 aliphatic carbocycles. The number of benzene rings is 2. The zero-order valence-corrected chi connectivity index (χ0v) is 18.0. The Labute approximate surface area is 183 Å². The highest BCUT2D eigenvalue weighted by atomic mass is 35.5. The van der Waals surface area contributed by atoms with Crippen LogP contribution in [0.2, 0.25) is 5.02 Å². The summed E-state index contributed by atoms with van der Waals surface area (Å²) >= 11 is 6.03. The summed E-state index contributed by atoms with van der Waals surface area (Å²) in [6, 6.07) is 8.70. The van der Waals surface area contributed by atoms with Crippen molar-refractivity contribution in [3.63, 3.8) is 0 Å². The lowest BCUT2D eigenvalue weighted by Gasteiger charge is -2.31. The van der Waals surface area contributed by atoms with E-state index < -0.39 is 33.6 Å². The molecule has 1 aliphatic heterocycles. The van der Waals surface area contributed by atoms with Gasteiger partial charge in [0.2, 0.25) is 15.9 Å². The normalized spacial score (nSPS) is 17.9. The number of rotatable bonds is 5. The fourth-order valence-electron chi connectivity index (χ4n) is 3.41. The molecule has 1 heterocycles. The highest BCUT2D eigenvalue weighted by Crippen LogP contribution is 2.35. The van der Waals surface area contributed by atoms with Gasteiger partial charge in [-0.2, -0.15) is 17.5 Å². The molecule has 1 saturated heterocycles. The topological polar surface area (TPSA) is 75.7 Å². The van der Waals surface area contributed by atoms with E-state index >= 15 is 0 Å². The average molecular weight is 477 g/mol. The third-order valence-corrected chi connectivity index (χ3v) is 7.16. The van der Waals surface area contributed by atoms with Crippen molar-refractivity contribution in [1.82, 2.24) is 4.31 Å². The second-order valence-electron chi connectivity index (χ2n) is 7.03. The lowest BCUT2D eigenvalue weighted by molar-refractivity contribution is -0.137. The number of carbonyl (C=O) groups excluding carboxylic acids is 1. The van der Waals surface area contributed by atoms with Crippen LogP contribution in [0.1, 0.15) is 18.4 Å². The molecule has 1 amide bonds. The highest BCUT2D eigenvalue weighted by molar-refractivity contribution is 7.89. The Bertz CT molecular complexity index is 1080. The molecule has 0 saturated carbocycles. The van der Waals surface area contributed by atoms with Crippen molar-refractivity contribution in [2.45, 2.75) is 23.9 Å². The lowest BCUT2D eigenvalue weighted by atomic mass is 9.98. The first-order valence-electron chi connectivity index (χ1n) is 9.35. The average Bonchev–Trinajstić information content (AvgIpc) is 2.73. The molecule has 1 atom stereocenters. The van der Waals surface area contributed by atoms with Crippen LogP contribution in [0, 0.1) is 5.92 Å². The van der Waals surface area contributed by atoms with Gasteiger partial charge >= 0.3 is 6.18 Å². The van der Waals surface area contributed by atoms with Crippen molar-refractivity contribution in [2.75, 3.05) is 25.5 Å². The van der Waals surface area contributed by atoms with E-state index in [2.05, 4.69) is 5.32 Å². The molecule has 2 aromatic carbocycles. The number of sulfonamides is 1. The number of nitrogens with zero attached hydrogens (tertiary/aromatic N) is 1. The minimum atomic E-state index is -4.63. The maximum absolute atomic E-state index is 13.2. The Morgan fingerprint density at radius 3 is 2.58 bits per heavy atom. The van der Waals surface area contributed by atoms with Gasteiger partial charge in [-0.25, -0.2) is 8.42 Å². The number of carbonyl (C=O) groups is 1. The summed E-state index contributed by atoms with van der Waals surface area (Å²) < 4.78 is 71.7. The number of alkyl halides is 3. The van der Waals surface area contributed by atoms with Gasteiger partial charge in [0.25, 0.3) is 0 Å². The van der Waals surface area contributed by atoms with Crippen LogP contribution in [-0.2, 0) is 21.0 Å². The van der Waals surface area contributed by atoms with Crippen LogP contribution in [0.25, 0.3) is 0 Å². The van der Waals surface area contributed by atoms with E-state index in [4.69, 9.17) is 16.3 Å². The largest absolute Gasteiger partial charge is 0.495 e. The minimum absolute atomic E-state index is 0.0539. The number of amides is 1. The van der Waals surface area contributed by atoms with E-state index in [-0.39, 0.29) is 28.7 Å². The standard InChI is InChI=1S/C20H20ClF3N2O4S/c1-30-18-9-8-14(11-16(18)21)31(28,29)26-10-4-5-13(12-26)19(27)25-17-7-3-2-6-15(17)20(22,23)24/h2-3,6-9,11,13H,4-5,10,12H2,1H3,(H,25,27)/t13-/m0/s1. The third-order valence-electron chi connectivity index (χ3n) is 5.01. The number of para-hydroxylation sites is 1. The summed E-state index contributed by atoms with van der Waals surface area (Å²) in [5.41, 5.74) is -1.32. The second kappa shape index (κ2) is 9.05. The molecule has 31 heavy (non-hydrogen) atoms. The van der Waals surface area contributed by atoms with Crippen LogP contribution < -0.4 is 10.1 Å². The predicted octanol–water partition coefficient (Wildman–Crippen LogP) is 4.41. The Balaban J connectivity index is 1.78. The highest BCUT2D eigenvalue weighted by Gasteiger charge is 2.36. The summed E-state index contributed by atoms with van der Waals surface area (Å²) in [4.78, 5) is 12.6. The molecule has 6 nitrogen and oxygen atoms in total. The molecule has 1 aliphatic rings. The van der Waals surface area contributed by atoms with Gasteiger partial charge in [0, 0.05) is 13.1 Å². The number of anilines is 1. The summed E-state index contributed by atoms with van der Waals surface area (Å²) in [6.07, 6.45) is -3.88. The number of methoxy groups -OCH3 is 1. The second-order valence-corrected chi connectivity index (χ2v) is 9.38. The first-order valence-corrected chi connectivity index (χ1v) is 11.2. The first kappa shape index (κ1) is 23.4. The minimum Gasteiger partial charge on any atom is -0.495 e. The van der Waals surface area contributed by atoms with Crippen LogP contribution >= 0.6 is 11.6 Å². The van der Waals surface area contributed by atoms with E-state index in [0.717, 1.165) is 16.4 Å². The van der Waals surface area contributed by atoms with E-state index in [1.165, 1.54) is 37.4 Å². The zero-order chi connectivity index (χ0) is 22.8. The van der Waals surface area contributed by atoms with Crippen molar-refractivity contribution in [3.05, 3.63) is 53.1 Å². The quantitative estimate of drug-likeness (QED) is 0.693. The van der Waals surface area contributed by atoms with Crippen molar-refractivity contribution in [3.8, 4) is 5.75 Å². The molecule has 0 aromatic heterocycles. The van der Waals surface area contributed by atoms with Crippen LogP contribution in [-0.4, -0.2) is 38.8 Å². The molecule has 0 bridgehead atoms. The molecule has 11 heteroatoms. The van der Waals surface area contributed by atoms with Crippen LogP contribution in [0.3, 0.4) is 0 Å². The van der Waals surface area contributed by atoms with Gasteiger partial charge in [-0.3, -0.25) is 4.79 Å².